The first kappa shape index (κ1) is 15.3. The molecule has 0 radical (unpaired) electrons. The highest BCUT2D eigenvalue weighted by Crippen LogP contribution is 2.27. The summed E-state index contributed by atoms with van der Waals surface area (Å²) < 4.78 is 2.20. The van der Waals surface area contributed by atoms with Gasteiger partial charge in [0.25, 0.3) is 0 Å². The van der Waals surface area contributed by atoms with Gasteiger partial charge in [0.05, 0.1) is 10.9 Å². The summed E-state index contributed by atoms with van der Waals surface area (Å²) in [5, 5.41) is 5.15. The summed E-state index contributed by atoms with van der Waals surface area (Å²) in [6.07, 6.45) is 0. The largest absolute Gasteiger partial charge is 1.00 e. The van der Waals surface area contributed by atoms with Gasteiger partial charge < -0.3 is 22.7 Å². The molecule has 4 aromatic rings. The van der Waals surface area contributed by atoms with Crippen LogP contribution in [0, 0.1) is 0 Å². The smallest absolute Gasteiger partial charge is 0.238 e. The summed E-state index contributed by atoms with van der Waals surface area (Å²) in [5.74, 6) is -0.0611. The molecular weight excluding hydrogens is 310 g/mol. The molecule has 0 unspecified atom stereocenters. The summed E-state index contributed by atoms with van der Waals surface area (Å²) in [6, 6.07) is 16.4. The van der Waals surface area contributed by atoms with Crippen molar-refractivity contribution in [2.24, 2.45) is 7.05 Å². The zero-order chi connectivity index (χ0) is 15.3. The van der Waals surface area contributed by atoms with Crippen LogP contribution in [0.4, 0.5) is 5.69 Å². The predicted octanol–water partition coefficient (Wildman–Crippen LogP) is 0.261. The Labute approximate surface area is 139 Å². The molecule has 5 heteroatoms. The van der Waals surface area contributed by atoms with E-state index in [-0.39, 0.29) is 18.3 Å². The number of nitrogens with zero attached hydrogens (tertiary/aromatic N) is 1. The van der Waals surface area contributed by atoms with Crippen LogP contribution in [0.5, 0.6) is 0 Å². The number of benzene rings is 2. The number of carbonyl (C=O) groups is 1. The molecule has 23 heavy (non-hydrogen) atoms. The third kappa shape index (κ3) is 2.41. The van der Waals surface area contributed by atoms with E-state index in [0.717, 1.165) is 27.6 Å². The van der Waals surface area contributed by atoms with E-state index in [2.05, 4.69) is 40.1 Å². The lowest BCUT2D eigenvalue weighted by Gasteiger charge is -2.01. The molecule has 4 rings (SSSR count). The molecule has 0 aliphatic rings. The fraction of sp³-hybridized carbons (Fsp3) is 0.111. The average molecular weight is 326 g/mol. The van der Waals surface area contributed by atoms with E-state index in [4.69, 9.17) is 0 Å². The molecule has 0 saturated heterocycles. The Bertz CT molecular complexity index is 1050. The van der Waals surface area contributed by atoms with E-state index in [1.807, 2.05) is 30.3 Å². The van der Waals surface area contributed by atoms with Crippen molar-refractivity contribution < 1.29 is 21.8 Å². The van der Waals surface area contributed by atoms with Gasteiger partial charge in [-0.2, -0.15) is 4.57 Å². The standard InChI is InChI=1S/C18H15N3O.ClH/c1-11(22)19-13-7-8-15-14(10-13)18-16(20-15)9-12-5-3-4-6-17(12)21(18)2;/h3-10H,1-2H3,(H,19,22);1H. The summed E-state index contributed by atoms with van der Waals surface area (Å²) in [7, 11) is 2.07. The van der Waals surface area contributed by atoms with Crippen molar-refractivity contribution in [3.8, 4) is 0 Å². The number of halogens is 1. The molecule has 2 heterocycles. The molecular formula is C18H16ClN3O. The van der Waals surface area contributed by atoms with Crippen molar-refractivity contribution in [2.45, 2.75) is 6.92 Å². The number of aromatic amines is 1. The lowest BCUT2D eigenvalue weighted by atomic mass is 10.1. The van der Waals surface area contributed by atoms with Crippen molar-refractivity contribution in [3.63, 3.8) is 0 Å². The summed E-state index contributed by atoms with van der Waals surface area (Å²) in [6.45, 7) is 1.52. The molecule has 2 N–H and O–H groups in total. The SMILES string of the molecule is CC(=O)Nc1ccc2[nH]c3cc4ccccc4[n+](C)c3c2c1.[Cl-]. The second-order valence-electron chi connectivity index (χ2n) is 5.59. The van der Waals surface area contributed by atoms with Gasteiger partial charge in [-0.3, -0.25) is 4.79 Å². The Kier molecular flexibility index (Phi) is 3.70. The van der Waals surface area contributed by atoms with Gasteiger partial charge in [-0.25, -0.2) is 0 Å². The summed E-state index contributed by atoms with van der Waals surface area (Å²) >= 11 is 0. The minimum absolute atomic E-state index is 0. The maximum atomic E-state index is 11.3. The number of aryl methyl sites for hydroxylation is 1. The molecule has 0 saturated carbocycles. The van der Waals surface area contributed by atoms with Crippen LogP contribution in [0.1, 0.15) is 6.92 Å². The second kappa shape index (κ2) is 5.56. The van der Waals surface area contributed by atoms with E-state index >= 15 is 0 Å². The number of rotatable bonds is 1. The van der Waals surface area contributed by atoms with Crippen LogP contribution in [0.2, 0.25) is 0 Å². The van der Waals surface area contributed by atoms with E-state index in [1.165, 1.54) is 17.8 Å². The molecule has 1 amide bonds. The molecule has 0 atom stereocenters. The number of hydrogen-bond donors (Lipinski definition) is 2. The fourth-order valence-corrected chi connectivity index (χ4v) is 3.14. The second-order valence-corrected chi connectivity index (χ2v) is 5.59. The molecule has 0 bridgehead atoms. The first-order valence-electron chi connectivity index (χ1n) is 7.24. The zero-order valence-electron chi connectivity index (χ0n) is 12.9. The predicted molar refractivity (Wildman–Crippen MR) is 88.8 cm³/mol. The van der Waals surface area contributed by atoms with Crippen LogP contribution in [-0.4, -0.2) is 10.9 Å². The number of para-hydroxylation sites is 1. The minimum atomic E-state index is -0.0611. The molecule has 4 nitrogen and oxygen atoms in total. The van der Waals surface area contributed by atoms with Gasteiger partial charge in [-0.05, 0) is 30.3 Å². The minimum Gasteiger partial charge on any atom is -1.00 e. The van der Waals surface area contributed by atoms with E-state index in [0.29, 0.717) is 0 Å². The molecule has 2 aromatic heterocycles. The highest BCUT2D eigenvalue weighted by atomic mass is 35.5. The normalized spacial score (nSPS) is 10.9. The fourth-order valence-electron chi connectivity index (χ4n) is 3.14. The molecule has 0 aliphatic heterocycles. The highest BCUT2D eigenvalue weighted by Gasteiger charge is 2.17. The number of carbonyl (C=O) groups excluding carboxylic acids is 1. The molecule has 2 aromatic carbocycles. The third-order valence-electron chi connectivity index (χ3n) is 4.05. The van der Waals surface area contributed by atoms with E-state index in [1.54, 1.807) is 0 Å². The lowest BCUT2D eigenvalue weighted by Crippen LogP contribution is -3.00. The molecule has 0 fully saturated rings. The summed E-state index contributed by atoms with van der Waals surface area (Å²) in [5.41, 5.74) is 5.29. The van der Waals surface area contributed by atoms with Crippen molar-refractivity contribution in [1.29, 1.82) is 0 Å². The average Bonchev–Trinajstić information content (AvgIpc) is 2.84. The van der Waals surface area contributed by atoms with Crippen molar-refractivity contribution >= 4 is 44.4 Å². The number of fused-ring (bicyclic) bond motifs is 4. The Morgan fingerprint density at radius 3 is 2.65 bits per heavy atom. The number of aromatic nitrogens is 2. The Balaban J connectivity index is 0.00000156. The van der Waals surface area contributed by atoms with Gasteiger partial charge in [0, 0.05) is 24.1 Å². The summed E-state index contributed by atoms with van der Waals surface area (Å²) in [4.78, 5) is 14.7. The van der Waals surface area contributed by atoms with E-state index in [9.17, 15) is 4.79 Å². The highest BCUT2D eigenvalue weighted by molar-refractivity contribution is 6.07. The van der Waals surface area contributed by atoms with Crippen LogP contribution in [0.25, 0.3) is 32.8 Å². The van der Waals surface area contributed by atoms with Crippen molar-refractivity contribution in [2.75, 3.05) is 5.32 Å². The number of anilines is 1. The maximum absolute atomic E-state index is 11.3. The van der Waals surface area contributed by atoms with Gasteiger partial charge in [0.15, 0.2) is 0 Å². The molecule has 0 aliphatic carbocycles. The van der Waals surface area contributed by atoms with Crippen molar-refractivity contribution in [1.82, 2.24) is 4.98 Å². The van der Waals surface area contributed by atoms with Crippen LogP contribution < -0.4 is 22.3 Å². The van der Waals surface area contributed by atoms with E-state index < -0.39 is 0 Å². The molecule has 0 spiro atoms. The topological polar surface area (TPSA) is 48.8 Å². The Morgan fingerprint density at radius 1 is 1.09 bits per heavy atom. The van der Waals surface area contributed by atoms with Gasteiger partial charge >= 0.3 is 0 Å². The van der Waals surface area contributed by atoms with Gasteiger partial charge in [0.1, 0.15) is 12.6 Å². The number of hydrogen-bond acceptors (Lipinski definition) is 1. The third-order valence-corrected chi connectivity index (χ3v) is 4.05. The lowest BCUT2D eigenvalue weighted by molar-refractivity contribution is -0.616. The van der Waals surface area contributed by atoms with Crippen LogP contribution in [-0.2, 0) is 11.8 Å². The molecule has 116 valence electrons. The van der Waals surface area contributed by atoms with Gasteiger partial charge in [0.2, 0.25) is 16.9 Å². The number of amides is 1. The number of nitrogens with one attached hydrogen (secondary N) is 2. The first-order chi connectivity index (χ1) is 10.6. The zero-order valence-corrected chi connectivity index (χ0v) is 13.6. The van der Waals surface area contributed by atoms with Crippen LogP contribution in [0.15, 0.2) is 48.5 Å². The number of pyridine rings is 1. The van der Waals surface area contributed by atoms with Crippen LogP contribution >= 0.6 is 0 Å². The van der Waals surface area contributed by atoms with Crippen LogP contribution in [0.3, 0.4) is 0 Å². The van der Waals surface area contributed by atoms with Crippen molar-refractivity contribution in [3.05, 3.63) is 48.5 Å². The Morgan fingerprint density at radius 2 is 1.87 bits per heavy atom. The van der Waals surface area contributed by atoms with Gasteiger partial charge in [-0.15, -0.1) is 0 Å². The number of H-pyrrole nitrogens is 1. The maximum Gasteiger partial charge on any atom is 0.238 e. The quantitative estimate of drug-likeness (QED) is 0.485. The Hall–Kier alpha value is -2.59. The first-order valence-corrected chi connectivity index (χ1v) is 7.24. The monoisotopic (exact) mass is 325 g/mol. The van der Waals surface area contributed by atoms with Gasteiger partial charge in [-0.1, -0.05) is 12.1 Å².